The van der Waals surface area contributed by atoms with Crippen molar-refractivity contribution in [1.82, 2.24) is 0 Å². The van der Waals surface area contributed by atoms with Gasteiger partial charge < -0.3 is 20.5 Å². The molecule has 1 unspecified atom stereocenters. The maximum Gasteiger partial charge on any atom is 0.311 e. The maximum atomic E-state index is 11.2. The maximum absolute atomic E-state index is 11.2. The van der Waals surface area contributed by atoms with Gasteiger partial charge in [0.2, 0.25) is 0 Å². The lowest BCUT2D eigenvalue weighted by Crippen LogP contribution is -2.46. The minimum absolute atomic E-state index is 0.0612. The van der Waals surface area contributed by atoms with Gasteiger partial charge >= 0.3 is 5.69 Å². The van der Waals surface area contributed by atoms with Gasteiger partial charge in [-0.25, -0.2) is 0 Å². The van der Waals surface area contributed by atoms with Crippen molar-refractivity contribution >= 4 is 17.3 Å². The van der Waals surface area contributed by atoms with Crippen LogP contribution in [-0.2, 0) is 4.79 Å². The molecule has 2 rings (SSSR count). The van der Waals surface area contributed by atoms with Crippen molar-refractivity contribution in [2.45, 2.75) is 18.9 Å². The van der Waals surface area contributed by atoms with E-state index < -0.39 is 16.4 Å². The molecule has 1 amide bonds. The average molecular weight is 295 g/mol. The first-order chi connectivity index (χ1) is 9.87. The Morgan fingerprint density at radius 3 is 2.86 bits per heavy atom. The summed E-state index contributed by atoms with van der Waals surface area (Å²) in [5.74, 6) is -0.605. The number of nitro benzene ring substituents is 1. The third kappa shape index (κ3) is 2.89. The number of aliphatic hydroxyl groups is 1. The van der Waals surface area contributed by atoms with Crippen LogP contribution in [0.4, 0.5) is 11.4 Å². The van der Waals surface area contributed by atoms with Gasteiger partial charge in [-0.15, -0.1) is 0 Å². The first-order valence-corrected chi connectivity index (χ1v) is 6.56. The number of hydrogen-bond acceptors (Lipinski definition) is 6. The third-order valence-electron chi connectivity index (χ3n) is 3.51. The molecule has 8 nitrogen and oxygen atoms in total. The molecule has 3 N–H and O–H groups in total. The van der Waals surface area contributed by atoms with E-state index in [1.165, 1.54) is 12.1 Å². The number of carbonyl (C=O) groups excluding carboxylic acids is 1. The number of nitrogens with two attached hydrogens (primary N) is 1. The van der Waals surface area contributed by atoms with Gasteiger partial charge in [0.25, 0.3) is 5.91 Å². The zero-order valence-electron chi connectivity index (χ0n) is 11.6. The second kappa shape index (κ2) is 5.57. The number of β-amino-alcohol motifs (C(OH)–C–C–N with tert-alkyl or cyclic N) is 1. The number of benzene rings is 1. The van der Waals surface area contributed by atoms with Crippen LogP contribution in [0.2, 0.25) is 0 Å². The molecule has 1 heterocycles. The zero-order valence-corrected chi connectivity index (χ0v) is 11.6. The minimum atomic E-state index is -1.56. The molecule has 21 heavy (non-hydrogen) atoms. The van der Waals surface area contributed by atoms with Crippen LogP contribution in [0.25, 0.3) is 0 Å². The molecule has 0 radical (unpaired) electrons. The van der Waals surface area contributed by atoms with Crippen LogP contribution in [0.15, 0.2) is 18.2 Å². The van der Waals surface area contributed by atoms with Gasteiger partial charge in [-0.3, -0.25) is 14.9 Å². The van der Waals surface area contributed by atoms with Crippen molar-refractivity contribution in [2.75, 3.05) is 24.6 Å². The predicted molar refractivity (Wildman–Crippen MR) is 75.2 cm³/mol. The van der Waals surface area contributed by atoms with Gasteiger partial charge in [-0.1, -0.05) is 0 Å². The lowest BCUT2D eigenvalue weighted by Gasteiger charge is -2.22. The number of rotatable bonds is 5. The Labute approximate surface area is 121 Å². The van der Waals surface area contributed by atoms with E-state index in [1.807, 2.05) is 0 Å². The van der Waals surface area contributed by atoms with Gasteiger partial charge in [0.15, 0.2) is 11.4 Å². The quantitative estimate of drug-likeness (QED) is 0.600. The van der Waals surface area contributed by atoms with Crippen molar-refractivity contribution in [1.29, 1.82) is 0 Å². The summed E-state index contributed by atoms with van der Waals surface area (Å²) in [4.78, 5) is 23.4. The molecule has 1 aromatic rings. The number of hydrogen-bond donors (Lipinski definition) is 2. The lowest BCUT2D eigenvalue weighted by atomic mass is 10.0. The SMILES string of the molecule is CCOc1cc(N2CCC(O)(C(N)=O)C2)ccc1[N+](=O)[O-]. The molecule has 0 spiro atoms. The molecule has 1 aromatic carbocycles. The summed E-state index contributed by atoms with van der Waals surface area (Å²) in [7, 11) is 0. The van der Waals surface area contributed by atoms with Gasteiger partial charge in [0, 0.05) is 30.8 Å². The predicted octanol–water partition coefficient (Wildman–Crippen LogP) is 0.420. The second-order valence-electron chi connectivity index (χ2n) is 4.91. The first-order valence-electron chi connectivity index (χ1n) is 6.56. The van der Waals surface area contributed by atoms with E-state index in [4.69, 9.17) is 10.5 Å². The molecule has 1 aliphatic heterocycles. The van der Waals surface area contributed by atoms with Gasteiger partial charge in [0.05, 0.1) is 18.1 Å². The van der Waals surface area contributed by atoms with Crippen molar-refractivity contribution in [3.8, 4) is 5.75 Å². The van der Waals surface area contributed by atoms with Crippen molar-refractivity contribution < 1.29 is 19.6 Å². The fourth-order valence-electron chi connectivity index (χ4n) is 2.34. The Bertz CT molecular complexity index is 577. The summed E-state index contributed by atoms with van der Waals surface area (Å²) >= 11 is 0. The van der Waals surface area contributed by atoms with E-state index in [9.17, 15) is 20.0 Å². The normalized spacial score (nSPS) is 21.3. The first kappa shape index (κ1) is 15.0. The molecule has 1 aliphatic rings. The molecule has 0 saturated carbocycles. The Balaban J connectivity index is 2.28. The standard InChI is InChI=1S/C13H17N3O5/c1-2-21-11-7-9(3-4-10(11)16(19)20)15-6-5-13(18,8-15)12(14)17/h3-4,7,18H,2,5-6,8H2,1H3,(H2,14,17). The van der Waals surface area contributed by atoms with Crippen molar-refractivity contribution in [3.63, 3.8) is 0 Å². The summed E-state index contributed by atoms with van der Waals surface area (Å²) in [5.41, 5.74) is 4.14. The van der Waals surface area contributed by atoms with Crippen LogP contribution in [0, 0.1) is 10.1 Å². The molecular formula is C13H17N3O5. The average Bonchev–Trinajstić information content (AvgIpc) is 2.83. The molecule has 0 bridgehead atoms. The highest BCUT2D eigenvalue weighted by atomic mass is 16.6. The van der Waals surface area contributed by atoms with E-state index in [-0.39, 0.29) is 24.4 Å². The van der Waals surface area contributed by atoms with E-state index >= 15 is 0 Å². The Kier molecular flexibility index (Phi) is 3.99. The van der Waals surface area contributed by atoms with Crippen molar-refractivity contribution in [3.05, 3.63) is 28.3 Å². The monoisotopic (exact) mass is 295 g/mol. The summed E-state index contributed by atoms with van der Waals surface area (Å²) < 4.78 is 5.28. The third-order valence-corrected chi connectivity index (χ3v) is 3.51. The Morgan fingerprint density at radius 1 is 1.62 bits per heavy atom. The summed E-state index contributed by atoms with van der Waals surface area (Å²) in [6.07, 6.45) is 0.225. The summed E-state index contributed by atoms with van der Waals surface area (Å²) in [6, 6.07) is 4.45. The molecule has 8 heteroatoms. The van der Waals surface area contributed by atoms with Crippen LogP contribution >= 0.6 is 0 Å². The number of anilines is 1. The Hall–Kier alpha value is -2.35. The summed E-state index contributed by atoms with van der Waals surface area (Å²) in [6.45, 7) is 2.53. The smallest absolute Gasteiger partial charge is 0.311 e. The van der Waals surface area contributed by atoms with E-state index in [1.54, 1.807) is 17.9 Å². The van der Waals surface area contributed by atoms with E-state index in [2.05, 4.69) is 0 Å². The minimum Gasteiger partial charge on any atom is -0.487 e. The zero-order chi connectivity index (χ0) is 15.6. The molecule has 114 valence electrons. The Morgan fingerprint density at radius 2 is 2.33 bits per heavy atom. The molecule has 1 saturated heterocycles. The number of nitro groups is 1. The molecule has 0 aromatic heterocycles. The number of amides is 1. The van der Waals surface area contributed by atoms with Gasteiger partial charge in [-0.05, 0) is 13.0 Å². The number of ether oxygens (including phenoxy) is 1. The second-order valence-corrected chi connectivity index (χ2v) is 4.91. The lowest BCUT2D eigenvalue weighted by molar-refractivity contribution is -0.385. The number of nitrogens with zero attached hydrogens (tertiary/aromatic N) is 2. The van der Waals surface area contributed by atoms with Crippen LogP contribution in [-0.4, -0.2) is 41.2 Å². The van der Waals surface area contributed by atoms with Crippen LogP contribution in [0.5, 0.6) is 5.75 Å². The van der Waals surface area contributed by atoms with E-state index in [0.29, 0.717) is 18.8 Å². The van der Waals surface area contributed by atoms with Gasteiger partial charge in [-0.2, -0.15) is 0 Å². The summed E-state index contributed by atoms with van der Waals surface area (Å²) in [5, 5.41) is 21.0. The molecule has 1 atom stereocenters. The highest BCUT2D eigenvalue weighted by Crippen LogP contribution is 2.34. The van der Waals surface area contributed by atoms with Crippen molar-refractivity contribution in [2.24, 2.45) is 5.73 Å². The molecule has 0 aliphatic carbocycles. The highest BCUT2D eigenvalue weighted by molar-refractivity contribution is 5.85. The number of primary amides is 1. The van der Waals surface area contributed by atoms with E-state index in [0.717, 1.165) is 0 Å². The molecule has 1 fully saturated rings. The fourth-order valence-corrected chi connectivity index (χ4v) is 2.34. The largest absolute Gasteiger partial charge is 0.487 e. The topological polar surface area (TPSA) is 119 Å². The highest BCUT2D eigenvalue weighted by Gasteiger charge is 2.41. The van der Waals surface area contributed by atoms with Crippen LogP contribution in [0.1, 0.15) is 13.3 Å². The van der Waals surface area contributed by atoms with Crippen LogP contribution in [0.3, 0.4) is 0 Å². The molecular weight excluding hydrogens is 278 g/mol. The van der Waals surface area contributed by atoms with Gasteiger partial charge in [0.1, 0.15) is 0 Å². The fraction of sp³-hybridized carbons (Fsp3) is 0.462. The van der Waals surface area contributed by atoms with Crippen LogP contribution < -0.4 is 15.4 Å². The number of carbonyl (C=O) groups is 1.